The summed E-state index contributed by atoms with van der Waals surface area (Å²) in [6.45, 7) is 11.1. The molecule has 1 unspecified atom stereocenters. The van der Waals surface area contributed by atoms with E-state index in [9.17, 15) is 4.79 Å². The number of azide groups is 1. The number of ether oxygens (including phenoxy) is 2. The van der Waals surface area contributed by atoms with Gasteiger partial charge in [-0.2, -0.15) is 0 Å². The predicted octanol–water partition coefficient (Wildman–Crippen LogP) is 5.32. The molecule has 4 heterocycles. The van der Waals surface area contributed by atoms with Crippen LogP contribution in [0.15, 0.2) is 41.6 Å². The standard InChI is InChI=1S/C26H29N7O3/c1-14-23-16(24(34)36-26(14,4)5)6-9-21(31-23)30-22-10-17-18(13-29-22)20(35-15-11-28-12-15)8-7-19(17)25(2,3)32-33-27/h6-10,13-15,28H,11-12H2,1-5H3,(H,29,30,31). The lowest BCUT2D eigenvalue weighted by Gasteiger charge is -2.36. The monoisotopic (exact) mass is 487 g/mol. The molecule has 0 spiro atoms. The summed E-state index contributed by atoms with van der Waals surface area (Å²) < 4.78 is 11.7. The highest BCUT2D eigenvalue weighted by molar-refractivity contribution is 5.94. The molecule has 0 amide bonds. The lowest BCUT2D eigenvalue weighted by Crippen LogP contribution is -2.50. The highest BCUT2D eigenvalue weighted by atomic mass is 16.6. The number of cyclic esters (lactones) is 1. The first-order valence-corrected chi connectivity index (χ1v) is 12.0. The summed E-state index contributed by atoms with van der Waals surface area (Å²) in [6.07, 6.45) is 1.87. The van der Waals surface area contributed by atoms with Crippen molar-refractivity contribution in [3.8, 4) is 5.75 Å². The number of carbonyl (C=O) groups excluding carboxylic acids is 1. The fraction of sp³-hybridized carbons (Fsp3) is 0.423. The second-order valence-corrected chi connectivity index (χ2v) is 10.3. The van der Waals surface area contributed by atoms with Crippen LogP contribution in [-0.4, -0.2) is 40.7 Å². The zero-order valence-electron chi connectivity index (χ0n) is 21.0. The summed E-state index contributed by atoms with van der Waals surface area (Å²) in [5.74, 6) is 1.43. The van der Waals surface area contributed by atoms with Crippen molar-refractivity contribution in [2.45, 2.75) is 57.8 Å². The summed E-state index contributed by atoms with van der Waals surface area (Å²) in [4.78, 5) is 24.8. The largest absolute Gasteiger partial charge is 0.487 e. The van der Waals surface area contributed by atoms with E-state index in [0.29, 0.717) is 22.9 Å². The number of carbonyl (C=O) groups is 1. The molecule has 2 aliphatic rings. The van der Waals surface area contributed by atoms with E-state index in [1.165, 1.54) is 0 Å². The zero-order valence-corrected chi connectivity index (χ0v) is 21.0. The molecule has 36 heavy (non-hydrogen) atoms. The van der Waals surface area contributed by atoms with Crippen LogP contribution in [0, 0.1) is 0 Å². The molecule has 2 N–H and O–H groups in total. The quantitative estimate of drug-likeness (QED) is 0.208. The number of nitrogens with one attached hydrogen (secondary N) is 2. The Bertz CT molecular complexity index is 1410. The maximum absolute atomic E-state index is 12.4. The van der Waals surface area contributed by atoms with Gasteiger partial charge in [0.2, 0.25) is 0 Å². The minimum Gasteiger partial charge on any atom is -0.487 e. The number of nitrogens with zero attached hydrogens (tertiary/aromatic N) is 5. The van der Waals surface area contributed by atoms with Gasteiger partial charge in [0.05, 0.1) is 16.8 Å². The highest BCUT2D eigenvalue weighted by Gasteiger charge is 2.40. The highest BCUT2D eigenvalue weighted by Crippen LogP contribution is 2.39. The fourth-order valence-corrected chi connectivity index (χ4v) is 4.50. The summed E-state index contributed by atoms with van der Waals surface area (Å²) in [6, 6.07) is 9.23. The van der Waals surface area contributed by atoms with Gasteiger partial charge in [0, 0.05) is 35.5 Å². The number of benzene rings is 1. The van der Waals surface area contributed by atoms with Crippen LogP contribution >= 0.6 is 0 Å². The summed E-state index contributed by atoms with van der Waals surface area (Å²) >= 11 is 0. The molecule has 0 aliphatic carbocycles. The maximum Gasteiger partial charge on any atom is 0.340 e. The fourth-order valence-electron chi connectivity index (χ4n) is 4.50. The van der Waals surface area contributed by atoms with Crippen molar-refractivity contribution in [1.29, 1.82) is 0 Å². The Morgan fingerprint density at radius 1 is 1.22 bits per heavy atom. The van der Waals surface area contributed by atoms with Crippen LogP contribution in [0.5, 0.6) is 5.75 Å². The van der Waals surface area contributed by atoms with Gasteiger partial charge >= 0.3 is 5.97 Å². The molecule has 186 valence electrons. The van der Waals surface area contributed by atoms with Gasteiger partial charge in [0.1, 0.15) is 29.1 Å². The van der Waals surface area contributed by atoms with Crippen LogP contribution in [0.3, 0.4) is 0 Å². The van der Waals surface area contributed by atoms with E-state index in [-0.39, 0.29) is 18.0 Å². The van der Waals surface area contributed by atoms with Crippen molar-refractivity contribution in [2.24, 2.45) is 5.11 Å². The van der Waals surface area contributed by atoms with Crippen LogP contribution in [0.25, 0.3) is 21.2 Å². The maximum atomic E-state index is 12.4. The minimum atomic E-state index is -0.784. The molecule has 10 heteroatoms. The lowest BCUT2D eigenvalue weighted by atomic mass is 9.84. The van der Waals surface area contributed by atoms with Crippen molar-refractivity contribution >= 4 is 28.4 Å². The minimum absolute atomic E-state index is 0.0755. The van der Waals surface area contributed by atoms with Crippen molar-refractivity contribution in [3.05, 3.63) is 63.8 Å². The van der Waals surface area contributed by atoms with Gasteiger partial charge in [0.25, 0.3) is 0 Å². The number of pyridine rings is 2. The number of esters is 1. The molecule has 2 aliphatic heterocycles. The van der Waals surface area contributed by atoms with Gasteiger partial charge in [-0.25, -0.2) is 14.8 Å². The summed E-state index contributed by atoms with van der Waals surface area (Å²) in [5.41, 5.74) is 9.73. The van der Waals surface area contributed by atoms with Gasteiger partial charge in [-0.3, -0.25) is 0 Å². The van der Waals surface area contributed by atoms with Crippen molar-refractivity contribution < 1.29 is 14.3 Å². The molecule has 0 bridgehead atoms. The first kappa shape index (κ1) is 23.8. The number of rotatable bonds is 6. The van der Waals surface area contributed by atoms with E-state index in [2.05, 4.69) is 25.6 Å². The van der Waals surface area contributed by atoms with Crippen molar-refractivity contribution in [2.75, 3.05) is 18.4 Å². The van der Waals surface area contributed by atoms with E-state index >= 15 is 0 Å². The SMILES string of the molecule is CC1c2nc(Nc3cc4c(C(C)(C)N=[N+]=[N-])ccc(OC5CNC5)c4cn3)ccc2C(=O)OC1(C)C. The Labute approximate surface area is 209 Å². The topological polar surface area (TPSA) is 134 Å². The van der Waals surface area contributed by atoms with E-state index in [1.807, 2.05) is 52.8 Å². The Morgan fingerprint density at radius 2 is 2.00 bits per heavy atom. The van der Waals surface area contributed by atoms with Gasteiger partial charge in [-0.05, 0) is 54.6 Å². The number of aromatic nitrogens is 2. The molecule has 1 fully saturated rings. The third-order valence-corrected chi connectivity index (χ3v) is 7.06. The smallest absolute Gasteiger partial charge is 0.340 e. The van der Waals surface area contributed by atoms with Gasteiger partial charge in [-0.1, -0.05) is 32.0 Å². The van der Waals surface area contributed by atoms with Crippen LogP contribution in [0.4, 0.5) is 11.6 Å². The van der Waals surface area contributed by atoms with E-state index in [4.69, 9.17) is 20.0 Å². The van der Waals surface area contributed by atoms with Crippen molar-refractivity contribution in [3.63, 3.8) is 0 Å². The van der Waals surface area contributed by atoms with Gasteiger partial charge < -0.3 is 20.1 Å². The number of hydrogen-bond donors (Lipinski definition) is 2. The predicted molar refractivity (Wildman–Crippen MR) is 137 cm³/mol. The Balaban J connectivity index is 1.55. The number of hydrogen-bond acceptors (Lipinski definition) is 8. The number of fused-ring (bicyclic) bond motifs is 2. The average Bonchev–Trinajstić information content (AvgIpc) is 2.79. The van der Waals surface area contributed by atoms with E-state index < -0.39 is 11.1 Å². The second-order valence-electron chi connectivity index (χ2n) is 10.3. The third-order valence-electron chi connectivity index (χ3n) is 7.06. The summed E-state index contributed by atoms with van der Waals surface area (Å²) in [7, 11) is 0. The zero-order chi connectivity index (χ0) is 25.7. The molecule has 10 nitrogen and oxygen atoms in total. The first-order valence-electron chi connectivity index (χ1n) is 12.0. The Hall–Kier alpha value is -3.88. The molecule has 0 radical (unpaired) electrons. The third kappa shape index (κ3) is 4.19. The van der Waals surface area contributed by atoms with Crippen LogP contribution in [0.2, 0.25) is 0 Å². The molecule has 1 aromatic carbocycles. The van der Waals surface area contributed by atoms with E-state index in [0.717, 1.165) is 35.2 Å². The van der Waals surface area contributed by atoms with E-state index in [1.54, 1.807) is 18.3 Å². The second kappa shape index (κ2) is 8.65. The lowest BCUT2D eigenvalue weighted by molar-refractivity contribution is -0.0189. The molecule has 0 saturated carbocycles. The van der Waals surface area contributed by atoms with Gasteiger partial charge in [-0.15, -0.1) is 0 Å². The average molecular weight is 488 g/mol. The Kier molecular flexibility index (Phi) is 5.73. The molecular formula is C26H29N7O3. The molecule has 5 rings (SSSR count). The summed E-state index contributed by atoms with van der Waals surface area (Å²) in [5, 5.41) is 12.2. The molecular weight excluding hydrogens is 458 g/mol. The first-order chi connectivity index (χ1) is 17.1. The van der Waals surface area contributed by atoms with Crippen molar-refractivity contribution in [1.82, 2.24) is 15.3 Å². The van der Waals surface area contributed by atoms with Crippen LogP contribution in [0.1, 0.15) is 62.2 Å². The van der Waals surface area contributed by atoms with Crippen LogP contribution in [-0.2, 0) is 10.3 Å². The molecule has 1 saturated heterocycles. The van der Waals surface area contributed by atoms with Crippen LogP contribution < -0.4 is 15.4 Å². The molecule has 1 atom stereocenters. The number of anilines is 2. The molecule has 2 aromatic heterocycles. The van der Waals surface area contributed by atoms with Gasteiger partial charge in [0.15, 0.2) is 0 Å². The molecule has 3 aromatic rings. The Morgan fingerprint density at radius 3 is 2.69 bits per heavy atom. The normalized spacial score (nSPS) is 19.0.